The van der Waals surface area contributed by atoms with Crippen LogP contribution in [0.5, 0.6) is 5.75 Å². The Morgan fingerprint density at radius 2 is 2.00 bits per heavy atom. The standard InChI is InChI=1S/C26H34N4O4S/c1-3-35(31,32)30-24-8-7-23(34-22-9-11-29-12-10-22)15-20(24)16-25(30)21(17-33-2)14-18-5-4-6-19(13-18)26(27)28/h4-8,13-15,22,25,29H,3,9-12,16-17H2,1-2H3,(H3,27,28)/b21-14-. The second-order valence-electron chi connectivity index (χ2n) is 8.97. The summed E-state index contributed by atoms with van der Waals surface area (Å²) in [5, 5.41) is 11.1. The van der Waals surface area contributed by atoms with Crippen molar-refractivity contribution < 1.29 is 17.9 Å². The van der Waals surface area contributed by atoms with Crippen LogP contribution < -0.4 is 20.1 Å². The molecule has 8 nitrogen and oxygen atoms in total. The van der Waals surface area contributed by atoms with E-state index in [2.05, 4.69) is 5.32 Å². The lowest BCUT2D eigenvalue weighted by Gasteiger charge is -2.28. The lowest BCUT2D eigenvalue weighted by atomic mass is 10.00. The highest BCUT2D eigenvalue weighted by molar-refractivity contribution is 7.92. The number of benzene rings is 2. The smallest absolute Gasteiger partial charge is 0.235 e. The van der Waals surface area contributed by atoms with E-state index in [0.717, 1.165) is 48.4 Å². The third kappa shape index (κ3) is 5.69. The minimum atomic E-state index is -3.54. The summed E-state index contributed by atoms with van der Waals surface area (Å²) < 4.78 is 39.8. The number of amidine groups is 1. The van der Waals surface area contributed by atoms with Gasteiger partial charge < -0.3 is 20.5 Å². The Balaban J connectivity index is 1.70. The van der Waals surface area contributed by atoms with Gasteiger partial charge >= 0.3 is 0 Å². The number of sulfonamides is 1. The Morgan fingerprint density at radius 3 is 2.69 bits per heavy atom. The minimum absolute atomic E-state index is 0.00362. The molecule has 1 unspecified atom stereocenters. The largest absolute Gasteiger partial charge is 0.490 e. The predicted molar refractivity (Wildman–Crippen MR) is 140 cm³/mol. The molecular formula is C26H34N4O4S. The van der Waals surface area contributed by atoms with Gasteiger partial charge in [-0.1, -0.05) is 24.3 Å². The molecule has 0 radical (unpaired) electrons. The third-order valence-electron chi connectivity index (χ3n) is 6.53. The van der Waals surface area contributed by atoms with E-state index in [1.54, 1.807) is 20.1 Å². The number of piperidine rings is 1. The molecule has 35 heavy (non-hydrogen) atoms. The van der Waals surface area contributed by atoms with Gasteiger partial charge in [0, 0.05) is 19.1 Å². The van der Waals surface area contributed by atoms with Crippen LogP contribution in [0, 0.1) is 5.41 Å². The number of anilines is 1. The highest BCUT2D eigenvalue weighted by Gasteiger charge is 2.39. The number of hydrogen-bond donors (Lipinski definition) is 3. The number of nitrogens with one attached hydrogen (secondary N) is 2. The molecule has 0 aliphatic carbocycles. The van der Waals surface area contributed by atoms with Crippen molar-refractivity contribution in [2.45, 2.75) is 38.3 Å². The van der Waals surface area contributed by atoms with Gasteiger partial charge in [0.05, 0.1) is 24.1 Å². The molecule has 1 fully saturated rings. The van der Waals surface area contributed by atoms with Crippen LogP contribution in [-0.4, -0.2) is 59.0 Å². The molecule has 0 amide bonds. The van der Waals surface area contributed by atoms with Gasteiger partial charge in [0.25, 0.3) is 0 Å². The fraction of sp³-hybridized carbons (Fsp3) is 0.423. The van der Waals surface area contributed by atoms with E-state index in [4.69, 9.17) is 20.6 Å². The second-order valence-corrected chi connectivity index (χ2v) is 11.1. The van der Waals surface area contributed by atoms with Crippen LogP contribution in [-0.2, 0) is 21.2 Å². The molecule has 4 N–H and O–H groups in total. The van der Waals surface area contributed by atoms with Crippen LogP contribution in [0.2, 0.25) is 0 Å². The molecule has 9 heteroatoms. The number of ether oxygens (including phenoxy) is 2. The van der Waals surface area contributed by atoms with E-state index in [-0.39, 0.29) is 24.3 Å². The zero-order valence-corrected chi connectivity index (χ0v) is 21.1. The highest BCUT2D eigenvalue weighted by Crippen LogP contribution is 2.40. The SMILES string of the molecule is CCS(=O)(=O)N1c2ccc(OC3CCNCC3)cc2CC1/C(=C\c1cccc(C(=N)N)c1)COC. The van der Waals surface area contributed by atoms with Crippen molar-refractivity contribution >= 4 is 27.6 Å². The quantitative estimate of drug-likeness (QED) is 0.361. The topological polar surface area (TPSA) is 118 Å². The monoisotopic (exact) mass is 498 g/mol. The van der Waals surface area contributed by atoms with E-state index in [0.29, 0.717) is 17.7 Å². The molecule has 0 aromatic heterocycles. The number of nitrogen functional groups attached to an aromatic ring is 1. The summed E-state index contributed by atoms with van der Waals surface area (Å²) in [6, 6.07) is 12.6. The van der Waals surface area contributed by atoms with Crippen LogP contribution in [0.1, 0.15) is 36.5 Å². The lowest BCUT2D eigenvalue weighted by Crippen LogP contribution is -2.40. The molecular weight excluding hydrogens is 464 g/mol. The predicted octanol–water partition coefficient (Wildman–Crippen LogP) is 2.91. The van der Waals surface area contributed by atoms with Gasteiger partial charge in [-0.3, -0.25) is 9.71 Å². The average molecular weight is 499 g/mol. The molecule has 188 valence electrons. The van der Waals surface area contributed by atoms with Crippen molar-refractivity contribution in [3.8, 4) is 5.75 Å². The van der Waals surface area contributed by atoms with Crippen LogP contribution in [0.4, 0.5) is 5.69 Å². The van der Waals surface area contributed by atoms with E-state index >= 15 is 0 Å². The molecule has 2 aliphatic rings. The van der Waals surface area contributed by atoms with E-state index in [1.807, 2.05) is 42.5 Å². The summed E-state index contributed by atoms with van der Waals surface area (Å²) in [7, 11) is -1.94. The summed E-state index contributed by atoms with van der Waals surface area (Å²) >= 11 is 0. The molecule has 0 saturated carbocycles. The first kappa shape index (κ1) is 25.2. The first-order chi connectivity index (χ1) is 16.8. The Kier molecular flexibility index (Phi) is 7.78. The van der Waals surface area contributed by atoms with Crippen molar-refractivity contribution in [3.05, 3.63) is 64.7 Å². The maximum Gasteiger partial charge on any atom is 0.235 e. The maximum atomic E-state index is 13.3. The zero-order valence-electron chi connectivity index (χ0n) is 20.3. The first-order valence-electron chi connectivity index (χ1n) is 12.0. The van der Waals surface area contributed by atoms with Gasteiger partial charge in [-0.2, -0.15) is 0 Å². The Morgan fingerprint density at radius 1 is 1.23 bits per heavy atom. The Labute approximate surface area is 207 Å². The van der Waals surface area contributed by atoms with Gasteiger partial charge in [0.1, 0.15) is 17.7 Å². The highest BCUT2D eigenvalue weighted by atomic mass is 32.2. The Bertz CT molecular complexity index is 1210. The number of fused-ring (bicyclic) bond motifs is 1. The minimum Gasteiger partial charge on any atom is -0.490 e. The van der Waals surface area contributed by atoms with Crippen LogP contribution >= 0.6 is 0 Å². The second kappa shape index (κ2) is 10.8. The van der Waals surface area contributed by atoms with Crippen LogP contribution in [0.3, 0.4) is 0 Å². The summed E-state index contributed by atoms with van der Waals surface area (Å²) in [6.07, 6.45) is 4.54. The summed E-state index contributed by atoms with van der Waals surface area (Å²) in [6.45, 7) is 3.82. The molecule has 0 bridgehead atoms. The van der Waals surface area contributed by atoms with Gasteiger partial charge in [0.2, 0.25) is 10.0 Å². The molecule has 2 aliphatic heterocycles. The third-order valence-corrected chi connectivity index (χ3v) is 8.31. The maximum absolute atomic E-state index is 13.3. The van der Waals surface area contributed by atoms with Crippen LogP contribution in [0.25, 0.3) is 6.08 Å². The van der Waals surface area contributed by atoms with Crippen LogP contribution in [0.15, 0.2) is 48.0 Å². The number of nitrogens with zero attached hydrogens (tertiary/aromatic N) is 1. The summed E-state index contributed by atoms with van der Waals surface area (Å²) in [5.41, 5.74) is 9.58. The first-order valence-corrected chi connectivity index (χ1v) is 13.6. The number of hydrogen-bond acceptors (Lipinski definition) is 6. The fourth-order valence-corrected chi connectivity index (χ4v) is 6.11. The normalized spacial score (nSPS) is 19.0. The van der Waals surface area contributed by atoms with Crippen molar-refractivity contribution in [3.63, 3.8) is 0 Å². The molecule has 4 rings (SSSR count). The number of rotatable bonds is 9. The van der Waals surface area contributed by atoms with Crippen molar-refractivity contribution in [2.24, 2.45) is 5.73 Å². The van der Waals surface area contributed by atoms with Crippen molar-refractivity contribution in [2.75, 3.05) is 36.9 Å². The van der Waals surface area contributed by atoms with Gasteiger partial charge in [-0.25, -0.2) is 8.42 Å². The lowest BCUT2D eigenvalue weighted by molar-refractivity contribution is 0.162. The van der Waals surface area contributed by atoms with Crippen molar-refractivity contribution in [1.82, 2.24) is 5.32 Å². The summed E-state index contributed by atoms with van der Waals surface area (Å²) in [4.78, 5) is 0. The van der Waals surface area contributed by atoms with E-state index in [9.17, 15) is 8.42 Å². The fourth-order valence-electron chi connectivity index (χ4n) is 4.75. The van der Waals surface area contributed by atoms with Gasteiger partial charge in [0.15, 0.2) is 0 Å². The molecule has 1 saturated heterocycles. The summed E-state index contributed by atoms with van der Waals surface area (Å²) in [5.74, 6) is 0.756. The molecule has 1 atom stereocenters. The van der Waals surface area contributed by atoms with Gasteiger partial charge in [-0.05, 0) is 73.8 Å². The number of nitrogens with two attached hydrogens (primary N) is 1. The van der Waals surface area contributed by atoms with E-state index < -0.39 is 16.1 Å². The van der Waals surface area contributed by atoms with E-state index in [1.165, 1.54) is 4.31 Å². The Hall–Kier alpha value is -2.88. The molecule has 2 aromatic carbocycles. The van der Waals surface area contributed by atoms with Crippen molar-refractivity contribution in [1.29, 1.82) is 5.41 Å². The van der Waals surface area contributed by atoms with Gasteiger partial charge in [-0.15, -0.1) is 0 Å². The average Bonchev–Trinajstić information content (AvgIpc) is 3.24. The zero-order chi connectivity index (χ0) is 25.0. The number of methoxy groups -OCH3 is 1. The molecule has 2 heterocycles. The molecule has 2 aromatic rings. The molecule has 0 spiro atoms.